The fourth-order valence-electron chi connectivity index (χ4n) is 2.83. The van der Waals surface area contributed by atoms with E-state index in [1.807, 2.05) is 6.07 Å². The van der Waals surface area contributed by atoms with Gasteiger partial charge in [-0.3, -0.25) is 0 Å². The van der Waals surface area contributed by atoms with Crippen LogP contribution in [-0.2, 0) is 6.42 Å². The van der Waals surface area contributed by atoms with Crippen LogP contribution in [0.3, 0.4) is 0 Å². The van der Waals surface area contributed by atoms with Crippen LogP contribution in [0.4, 0.5) is 0 Å². The molecule has 0 N–H and O–H groups in total. The lowest BCUT2D eigenvalue weighted by atomic mass is 10.0. The summed E-state index contributed by atoms with van der Waals surface area (Å²) in [6.45, 7) is 2.27. The zero-order chi connectivity index (χ0) is 14.9. The van der Waals surface area contributed by atoms with Crippen molar-refractivity contribution in [2.24, 2.45) is 0 Å². The summed E-state index contributed by atoms with van der Waals surface area (Å²) in [6.07, 6.45) is 16.2. The second kappa shape index (κ2) is 8.53. The van der Waals surface area contributed by atoms with Gasteiger partial charge in [0, 0.05) is 5.56 Å². The maximum Gasteiger partial charge on any atom is 0.0248 e. The van der Waals surface area contributed by atoms with E-state index in [1.54, 1.807) is 0 Å². The van der Waals surface area contributed by atoms with Crippen molar-refractivity contribution in [3.8, 4) is 12.3 Å². The van der Waals surface area contributed by atoms with Crippen LogP contribution in [0, 0.1) is 12.3 Å². The van der Waals surface area contributed by atoms with Crippen LogP contribution in [0.1, 0.15) is 63.0 Å². The lowest BCUT2D eigenvalue weighted by molar-refractivity contribution is 0.589. The minimum Gasteiger partial charge on any atom is -0.115 e. The van der Waals surface area contributed by atoms with Crippen LogP contribution in [0.25, 0.3) is 10.8 Å². The maximum atomic E-state index is 5.45. The smallest absolute Gasteiger partial charge is 0.0248 e. The Morgan fingerprint density at radius 2 is 1.48 bits per heavy atom. The van der Waals surface area contributed by atoms with Crippen molar-refractivity contribution in [3.63, 3.8) is 0 Å². The Bertz CT molecular complexity index is 601. The summed E-state index contributed by atoms with van der Waals surface area (Å²) < 4.78 is 0. The molecule has 0 aliphatic rings. The molecule has 0 heterocycles. The predicted molar refractivity (Wildman–Crippen MR) is 93.6 cm³/mol. The molecule has 0 aliphatic carbocycles. The quantitative estimate of drug-likeness (QED) is 0.403. The highest BCUT2D eigenvalue weighted by atomic mass is 14.0. The standard InChI is InChI=1S/C21H26/c1-3-5-6-7-8-9-10-11-19-13-15-20-16-18(4-2)12-14-21(20)17-19/h2,12-17H,3,5-11H2,1H3. The number of fused-ring (bicyclic) bond motifs is 1. The molecule has 2 aromatic carbocycles. The van der Waals surface area contributed by atoms with Gasteiger partial charge in [0.2, 0.25) is 0 Å². The number of benzene rings is 2. The Kier molecular flexibility index (Phi) is 6.35. The molecule has 0 aliphatic heterocycles. The van der Waals surface area contributed by atoms with Gasteiger partial charge in [-0.15, -0.1) is 6.42 Å². The highest BCUT2D eigenvalue weighted by Gasteiger charge is 1.99. The van der Waals surface area contributed by atoms with Crippen LogP contribution in [0.2, 0.25) is 0 Å². The second-order valence-electron chi connectivity index (χ2n) is 5.91. The minimum atomic E-state index is 0.960. The lowest BCUT2D eigenvalue weighted by Crippen LogP contribution is -1.87. The molecule has 0 aromatic heterocycles. The fraction of sp³-hybridized carbons (Fsp3) is 0.429. The van der Waals surface area contributed by atoms with Gasteiger partial charge in [-0.25, -0.2) is 0 Å². The van der Waals surface area contributed by atoms with E-state index in [1.165, 1.54) is 67.7 Å². The maximum absolute atomic E-state index is 5.45. The Hall–Kier alpha value is -1.74. The Morgan fingerprint density at radius 3 is 2.24 bits per heavy atom. The number of unbranched alkanes of at least 4 members (excludes halogenated alkanes) is 6. The largest absolute Gasteiger partial charge is 0.115 e. The molecule has 0 heteroatoms. The minimum absolute atomic E-state index is 0.960. The summed E-state index contributed by atoms with van der Waals surface area (Å²) in [5, 5.41) is 2.54. The molecule has 0 radical (unpaired) electrons. The van der Waals surface area contributed by atoms with Crippen molar-refractivity contribution in [2.45, 2.75) is 58.3 Å². The van der Waals surface area contributed by atoms with E-state index in [9.17, 15) is 0 Å². The number of terminal acetylenes is 1. The van der Waals surface area contributed by atoms with Crippen LogP contribution in [0.5, 0.6) is 0 Å². The molecule has 0 saturated heterocycles. The van der Waals surface area contributed by atoms with Crippen molar-refractivity contribution in [3.05, 3.63) is 47.5 Å². The number of rotatable bonds is 8. The first-order valence-corrected chi connectivity index (χ1v) is 8.33. The molecule has 0 amide bonds. The first kappa shape index (κ1) is 15.6. The monoisotopic (exact) mass is 278 g/mol. The van der Waals surface area contributed by atoms with Crippen LogP contribution in [-0.4, -0.2) is 0 Å². The third-order valence-electron chi connectivity index (χ3n) is 4.14. The second-order valence-corrected chi connectivity index (χ2v) is 5.91. The average molecular weight is 278 g/mol. The molecular formula is C21H26. The van der Waals surface area contributed by atoms with Gasteiger partial charge >= 0.3 is 0 Å². The first-order valence-electron chi connectivity index (χ1n) is 8.33. The SMILES string of the molecule is C#Cc1ccc2cc(CCCCCCCCC)ccc2c1. The van der Waals surface area contributed by atoms with E-state index < -0.39 is 0 Å². The summed E-state index contributed by atoms with van der Waals surface area (Å²) in [7, 11) is 0. The zero-order valence-electron chi connectivity index (χ0n) is 13.2. The number of hydrogen-bond acceptors (Lipinski definition) is 0. The third-order valence-corrected chi connectivity index (χ3v) is 4.14. The van der Waals surface area contributed by atoms with E-state index in [2.05, 4.69) is 43.2 Å². The Labute approximate surface area is 129 Å². The predicted octanol–water partition coefficient (Wildman–Crippen LogP) is 6.11. The normalized spacial score (nSPS) is 10.7. The molecule has 0 spiro atoms. The summed E-state index contributed by atoms with van der Waals surface area (Å²) >= 11 is 0. The molecule has 2 aromatic rings. The molecule has 110 valence electrons. The van der Waals surface area contributed by atoms with E-state index in [0.29, 0.717) is 0 Å². The van der Waals surface area contributed by atoms with E-state index >= 15 is 0 Å². The van der Waals surface area contributed by atoms with Crippen LogP contribution >= 0.6 is 0 Å². The van der Waals surface area contributed by atoms with Gasteiger partial charge in [-0.2, -0.15) is 0 Å². The molecule has 0 unspecified atom stereocenters. The van der Waals surface area contributed by atoms with Gasteiger partial charge in [-0.1, -0.05) is 75.6 Å². The lowest BCUT2D eigenvalue weighted by Gasteiger charge is -2.05. The van der Waals surface area contributed by atoms with Gasteiger partial charge in [0.05, 0.1) is 0 Å². The molecule has 0 bridgehead atoms. The topological polar surface area (TPSA) is 0 Å². The summed E-state index contributed by atoms with van der Waals surface area (Å²) in [5.74, 6) is 2.70. The van der Waals surface area contributed by atoms with Crippen LogP contribution < -0.4 is 0 Å². The zero-order valence-corrected chi connectivity index (χ0v) is 13.2. The number of hydrogen-bond donors (Lipinski definition) is 0. The van der Waals surface area contributed by atoms with Crippen LogP contribution in [0.15, 0.2) is 36.4 Å². The van der Waals surface area contributed by atoms with Gasteiger partial charge in [0.25, 0.3) is 0 Å². The highest BCUT2D eigenvalue weighted by molar-refractivity contribution is 5.84. The van der Waals surface area contributed by atoms with Crippen molar-refractivity contribution in [1.29, 1.82) is 0 Å². The van der Waals surface area contributed by atoms with Crippen molar-refractivity contribution < 1.29 is 0 Å². The molecule has 0 nitrogen and oxygen atoms in total. The number of aryl methyl sites for hydroxylation is 1. The molecule has 0 fully saturated rings. The van der Waals surface area contributed by atoms with Gasteiger partial charge in [0.15, 0.2) is 0 Å². The molecule has 21 heavy (non-hydrogen) atoms. The van der Waals surface area contributed by atoms with E-state index in [0.717, 1.165) is 5.56 Å². The van der Waals surface area contributed by atoms with E-state index in [-0.39, 0.29) is 0 Å². The third kappa shape index (κ3) is 4.94. The van der Waals surface area contributed by atoms with Gasteiger partial charge in [-0.05, 0) is 41.3 Å². The fourth-order valence-corrected chi connectivity index (χ4v) is 2.83. The van der Waals surface area contributed by atoms with Crippen molar-refractivity contribution >= 4 is 10.8 Å². The molecular weight excluding hydrogens is 252 g/mol. The van der Waals surface area contributed by atoms with E-state index in [4.69, 9.17) is 6.42 Å². The van der Waals surface area contributed by atoms with Gasteiger partial charge in [0.1, 0.15) is 0 Å². The molecule has 0 atom stereocenters. The van der Waals surface area contributed by atoms with Crippen molar-refractivity contribution in [1.82, 2.24) is 0 Å². The summed E-state index contributed by atoms with van der Waals surface area (Å²) in [6, 6.07) is 13.0. The van der Waals surface area contributed by atoms with Gasteiger partial charge < -0.3 is 0 Å². The molecule has 0 saturated carbocycles. The summed E-state index contributed by atoms with van der Waals surface area (Å²) in [4.78, 5) is 0. The Morgan fingerprint density at radius 1 is 0.810 bits per heavy atom. The van der Waals surface area contributed by atoms with Crippen molar-refractivity contribution in [2.75, 3.05) is 0 Å². The highest BCUT2D eigenvalue weighted by Crippen LogP contribution is 2.19. The first-order chi connectivity index (χ1) is 10.3. The summed E-state index contributed by atoms with van der Waals surface area (Å²) in [5.41, 5.74) is 2.41. The Balaban J connectivity index is 1.82. The molecule has 2 rings (SSSR count). The average Bonchev–Trinajstić information content (AvgIpc) is 2.53.